The summed E-state index contributed by atoms with van der Waals surface area (Å²) in [5, 5.41) is 0. The number of rotatable bonds is 4. The van der Waals surface area contributed by atoms with Crippen molar-refractivity contribution in [3.63, 3.8) is 0 Å². The summed E-state index contributed by atoms with van der Waals surface area (Å²) in [6.07, 6.45) is 2.13. The molecule has 2 aliphatic rings. The highest BCUT2D eigenvalue weighted by atomic mass is 16.6. The molecule has 2 fully saturated rings. The molecule has 0 aromatic carbocycles. The molecule has 0 amide bonds. The van der Waals surface area contributed by atoms with Crippen molar-refractivity contribution in [2.75, 3.05) is 13.7 Å². The van der Waals surface area contributed by atoms with Gasteiger partial charge in [-0.25, -0.2) is 0 Å². The van der Waals surface area contributed by atoms with Crippen molar-refractivity contribution in [3.8, 4) is 11.8 Å². The first-order chi connectivity index (χ1) is 8.48. The number of hydrogen-bond donors (Lipinski definition) is 0. The van der Waals surface area contributed by atoms with Crippen molar-refractivity contribution in [1.82, 2.24) is 0 Å². The quantitative estimate of drug-likeness (QED) is 0.719. The largest absolute Gasteiger partial charge is 0.378 e. The lowest BCUT2D eigenvalue weighted by Crippen LogP contribution is -2.48. The molecule has 102 valence electrons. The van der Waals surface area contributed by atoms with Crippen LogP contribution in [-0.4, -0.2) is 37.1 Å². The fraction of sp³-hybridized carbons (Fsp3) is 0.867. The Morgan fingerprint density at radius 3 is 2.61 bits per heavy atom. The molecule has 0 spiro atoms. The van der Waals surface area contributed by atoms with Gasteiger partial charge in [-0.3, -0.25) is 0 Å². The van der Waals surface area contributed by atoms with Crippen LogP contribution in [0, 0.1) is 17.8 Å². The van der Waals surface area contributed by atoms with E-state index in [0.29, 0.717) is 12.5 Å². The van der Waals surface area contributed by atoms with Gasteiger partial charge in [0.2, 0.25) is 0 Å². The minimum absolute atomic E-state index is 0.132. The average molecular weight is 252 g/mol. The van der Waals surface area contributed by atoms with Crippen LogP contribution in [0.5, 0.6) is 0 Å². The van der Waals surface area contributed by atoms with Crippen molar-refractivity contribution in [3.05, 3.63) is 0 Å². The minimum atomic E-state index is -0.222. The lowest BCUT2D eigenvalue weighted by molar-refractivity contribution is -0.111. The molecule has 0 aromatic rings. The molecule has 2 heterocycles. The zero-order valence-electron chi connectivity index (χ0n) is 12.1. The maximum Gasteiger partial charge on any atom is 0.108 e. The number of ether oxygens (including phenoxy) is 3. The molecule has 2 rings (SSSR count). The third-order valence-electron chi connectivity index (χ3n) is 4.54. The molecule has 0 saturated carbocycles. The lowest BCUT2D eigenvalue weighted by Gasteiger charge is -2.37. The van der Waals surface area contributed by atoms with Crippen molar-refractivity contribution in [2.45, 2.75) is 63.9 Å². The Balaban J connectivity index is 2.14. The van der Waals surface area contributed by atoms with Gasteiger partial charge in [-0.15, -0.1) is 5.92 Å². The maximum absolute atomic E-state index is 6.36. The van der Waals surface area contributed by atoms with E-state index in [2.05, 4.69) is 32.6 Å². The van der Waals surface area contributed by atoms with Gasteiger partial charge in [0, 0.05) is 20.0 Å². The van der Waals surface area contributed by atoms with E-state index in [4.69, 9.17) is 14.2 Å². The summed E-state index contributed by atoms with van der Waals surface area (Å²) in [6, 6.07) is 0. The smallest absolute Gasteiger partial charge is 0.108 e. The Morgan fingerprint density at radius 1 is 1.33 bits per heavy atom. The normalized spacial score (nSPS) is 42.1. The van der Waals surface area contributed by atoms with E-state index in [1.807, 2.05) is 6.92 Å². The molecule has 4 atom stereocenters. The Bertz CT molecular complexity index is 368. The van der Waals surface area contributed by atoms with Gasteiger partial charge in [0.1, 0.15) is 12.2 Å². The summed E-state index contributed by atoms with van der Waals surface area (Å²) in [5.41, 5.74) is -0.409. The predicted molar refractivity (Wildman–Crippen MR) is 70.3 cm³/mol. The van der Waals surface area contributed by atoms with Crippen LogP contribution in [-0.2, 0) is 14.2 Å². The predicted octanol–water partition coefficient (Wildman–Crippen LogP) is 2.39. The van der Waals surface area contributed by atoms with Crippen molar-refractivity contribution in [1.29, 1.82) is 0 Å². The SMILES string of the molecule is CC#CCO[C@@H]1C[C@]2(C(C)C)O[C@@]1(C)C[C@@H]2OC. The molecule has 0 aliphatic carbocycles. The monoisotopic (exact) mass is 252 g/mol. The zero-order chi connectivity index (χ0) is 13.4. The molecule has 2 aliphatic heterocycles. The molecule has 3 heteroatoms. The van der Waals surface area contributed by atoms with Crippen molar-refractivity contribution >= 4 is 0 Å². The first-order valence-electron chi connectivity index (χ1n) is 6.72. The number of hydrogen-bond acceptors (Lipinski definition) is 3. The highest BCUT2D eigenvalue weighted by Gasteiger charge is 2.66. The summed E-state index contributed by atoms with van der Waals surface area (Å²) >= 11 is 0. The second-order valence-corrected chi connectivity index (χ2v) is 5.88. The van der Waals surface area contributed by atoms with Gasteiger partial charge in [-0.2, -0.15) is 0 Å². The van der Waals surface area contributed by atoms with Crippen LogP contribution in [0.2, 0.25) is 0 Å². The van der Waals surface area contributed by atoms with Gasteiger partial charge in [0.05, 0.1) is 17.8 Å². The molecule has 0 aromatic heterocycles. The van der Waals surface area contributed by atoms with Gasteiger partial charge in [0.25, 0.3) is 0 Å². The molecule has 2 saturated heterocycles. The van der Waals surface area contributed by atoms with E-state index in [-0.39, 0.29) is 23.4 Å². The molecule has 2 bridgehead atoms. The Kier molecular flexibility index (Phi) is 3.73. The van der Waals surface area contributed by atoms with Crippen LogP contribution in [0.3, 0.4) is 0 Å². The van der Waals surface area contributed by atoms with E-state index < -0.39 is 0 Å². The van der Waals surface area contributed by atoms with E-state index in [1.165, 1.54) is 0 Å². The molecule has 0 unspecified atom stereocenters. The van der Waals surface area contributed by atoms with Crippen LogP contribution in [0.4, 0.5) is 0 Å². The van der Waals surface area contributed by atoms with Gasteiger partial charge in [-0.05, 0) is 19.8 Å². The molecule has 0 N–H and O–H groups in total. The topological polar surface area (TPSA) is 27.7 Å². The lowest BCUT2D eigenvalue weighted by atomic mass is 9.73. The zero-order valence-corrected chi connectivity index (χ0v) is 12.1. The summed E-state index contributed by atoms with van der Waals surface area (Å²) in [5.74, 6) is 6.25. The molecule has 0 radical (unpaired) electrons. The van der Waals surface area contributed by atoms with Gasteiger partial charge in [0.15, 0.2) is 0 Å². The third-order valence-corrected chi connectivity index (χ3v) is 4.54. The van der Waals surface area contributed by atoms with Crippen molar-refractivity contribution in [2.24, 2.45) is 5.92 Å². The minimum Gasteiger partial charge on any atom is -0.378 e. The van der Waals surface area contributed by atoms with Crippen LogP contribution in [0.1, 0.15) is 40.5 Å². The highest BCUT2D eigenvalue weighted by Crippen LogP contribution is 2.55. The standard InChI is InChI=1S/C15H24O3/c1-6-7-8-17-12-10-15(11(2)3)13(16-5)9-14(12,4)18-15/h11-13H,8-10H2,1-5H3/t12-,13+,14+,15-/m1/s1. The molecular weight excluding hydrogens is 228 g/mol. The van der Waals surface area contributed by atoms with Gasteiger partial charge in [-0.1, -0.05) is 19.8 Å². The van der Waals surface area contributed by atoms with E-state index in [0.717, 1.165) is 12.8 Å². The van der Waals surface area contributed by atoms with E-state index >= 15 is 0 Å². The molecule has 18 heavy (non-hydrogen) atoms. The van der Waals surface area contributed by atoms with Crippen LogP contribution in [0.25, 0.3) is 0 Å². The summed E-state index contributed by atoms with van der Waals surface area (Å²) in [6.45, 7) is 8.86. The summed E-state index contributed by atoms with van der Waals surface area (Å²) < 4.78 is 17.9. The number of methoxy groups -OCH3 is 1. The Morgan fingerprint density at radius 2 is 2.06 bits per heavy atom. The number of fused-ring (bicyclic) bond motifs is 2. The Labute approximate surface area is 110 Å². The van der Waals surface area contributed by atoms with E-state index in [9.17, 15) is 0 Å². The second-order valence-electron chi connectivity index (χ2n) is 5.88. The average Bonchev–Trinajstić information content (AvgIpc) is 2.78. The third kappa shape index (κ3) is 1.97. The first-order valence-corrected chi connectivity index (χ1v) is 6.72. The maximum atomic E-state index is 6.36. The van der Waals surface area contributed by atoms with Crippen LogP contribution < -0.4 is 0 Å². The van der Waals surface area contributed by atoms with E-state index in [1.54, 1.807) is 7.11 Å². The van der Waals surface area contributed by atoms with Crippen molar-refractivity contribution < 1.29 is 14.2 Å². The molecule has 3 nitrogen and oxygen atoms in total. The fourth-order valence-electron chi connectivity index (χ4n) is 3.42. The summed E-state index contributed by atoms with van der Waals surface area (Å²) in [7, 11) is 1.78. The van der Waals surface area contributed by atoms with Gasteiger partial charge < -0.3 is 14.2 Å². The Hall–Kier alpha value is -0.560. The van der Waals surface area contributed by atoms with Crippen LogP contribution in [0.15, 0.2) is 0 Å². The van der Waals surface area contributed by atoms with Gasteiger partial charge >= 0.3 is 0 Å². The summed E-state index contributed by atoms with van der Waals surface area (Å²) in [4.78, 5) is 0. The first kappa shape index (κ1) is 13.9. The highest BCUT2D eigenvalue weighted by molar-refractivity contribution is 5.15. The fourth-order valence-corrected chi connectivity index (χ4v) is 3.42. The molecular formula is C15H24O3. The second kappa shape index (κ2) is 4.85. The van der Waals surface area contributed by atoms with Crippen LogP contribution >= 0.6 is 0 Å².